The summed E-state index contributed by atoms with van der Waals surface area (Å²) in [7, 11) is 0. The molecule has 1 heterocycles. The monoisotopic (exact) mass is 435 g/mol. The number of aromatic carboxylic acids is 1. The average Bonchev–Trinajstić information content (AvgIpc) is 2.80. The summed E-state index contributed by atoms with van der Waals surface area (Å²) in [5.41, 5.74) is 3.07. The van der Waals surface area contributed by atoms with Crippen LogP contribution in [0.4, 0.5) is 0 Å². The number of fused-ring (bicyclic) bond motifs is 1. The van der Waals surface area contributed by atoms with Crippen molar-refractivity contribution in [3.63, 3.8) is 0 Å². The van der Waals surface area contributed by atoms with Crippen LogP contribution in [0.25, 0.3) is 10.9 Å². The van der Waals surface area contributed by atoms with E-state index in [-0.39, 0.29) is 12.0 Å². The first-order valence-corrected chi connectivity index (χ1v) is 11.6. The van der Waals surface area contributed by atoms with Crippen molar-refractivity contribution in [3.05, 3.63) is 77.0 Å². The van der Waals surface area contributed by atoms with Gasteiger partial charge in [-0.1, -0.05) is 75.8 Å². The lowest BCUT2D eigenvalue weighted by atomic mass is 9.99. The van der Waals surface area contributed by atoms with E-state index in [2.05, 4.69) is 11.9 Å². The molecule has 2 aromatic carbocycles. The van der Waals surface area contributed by atoms with Gasteiger partial charge in [0, 0.05) is 17.5 Å². The topological polar surface area (TPSA) is 90.7 Å². The van der Waals surface area contributed by atoms with Gasteiger partial charge in [-0.15, -0.1) is 0 Å². The van der Waals surface area contributed by atoms with Crippen LogP contribution in [0.3, 0.4) is 0 Å². The molecule has 0 bridgehead atoms. The second-order valence-electron chi connectivity index (χ2n) is 8.48. The van der Waals surface area contributed by atoms with Gasteiger partial charge in [-0.25, -0.2) is 4.79 Å². The number of aliphatic hydroxyl groups is 2. The maximum Gasteiger partial charge on any atom is 0.335 e. The highest BCUT2D eigenvalue weighted by molar-refractivity contribution is 5.87. The largest absolute Gasteiger partial charge is 0.478 e. The Morgan fingerprint density at radius 1 is 0.875 bits per heavy atom. The molecule has 170 valence electrons. The number of aromatic nitrogens is 1. The lowest BCUT2D eigenvalue weighted by Gasteiger charge is -2.14. The molecule has 0 saturated heterocycles. The molecule has 0 spiro atoms. The van der Waals surface area contributed by atoms with Gasteiger partial charge in [0.2, 0.25) is 0 Å². The molecule has 0 aliphatic heterocycles. The minimum Gasteiger partial charge on any atom is -0.478 e. The van der Waals surface area contributed by atoms with Crippen LogP contribution in [0.5, 0.6) is 0 Å². The van der Waals surface area contributed by atoms with Crippen molar-refractivity contribution in [2.24, 2.45) is 0 Å². The number of pyridine rings is 1. The van der Waals surface area contributed by atoms with Gasteiger partial charge in [0.1, 0.15) is 0 Å². The number of benzene rings is 2. The van der Waals surface area contributed by atoms with E-state index in [1.165, 1.54) is 37.8 Å². The quantitative estimate of drug-likeness (QED) is 0.304. The summed E-state index contributed by atoms with van der Waals surface area (Å²) in [5, 5.41) is 31.3. The third kappa shape index (κ3) is 6.62. The van der Waals surface area contributed by atoms with E-state index in [1.54, 1.807) is 12.1 Å². The zero-order valence-electron chi connectivity index (χ0n) is 18.7. The molecule has 0 aliphatic carbocycles. The molecule has 0 amide bonds. The minimum absolute atomic E-state index is 0.150. The molecule has 3 rings (SSSR count). The summed E-state index contributed by atoms with van der Waals surface area (Å²) in [5.74, 6) is -1.02. The molecule has 2 atom stereocenters. The number of carboxylic acid groups (broad SMARTS) is 1. The second kappa shape index (κ2) is 11.7. The lowest BCUT2D eigenvalue weighted by Crippen LogP contribution is -2.06. The third-order valence-corrected chi connectivity index (χ3v) is 5.91. The van der Waals surface area contributed by atoms with Crippen LogP contribution in [0.1, 0.15) is 91.3 Å². The van der Waals surface area contributed by atoms with Crippen molar-refractivity contribution in [2.45, 2.75) is 70.5 Å². The summed E-state index contributed by atoms with van der Waals surface area (Å²) in [6, 6.07) is 16.0. The Labute approximate surface area is 189 Å². The average molecular weight is 436 g/mol. The SMILES string of the molecule is CCCCCCCCC(O)c1ccc2ccc(CC(O)c3cccc(C(=O)O)c3)nc2c1. The fourth-order valence-electron chi connectivity index (χ4n) is 3.98. The number of hydrogen-bond donors (Lipinski definition) is 3. The van der Waals surface area contributed by atoms with E-state index in [9.17, 15) is 15.0 Å². The van der Waals surface area contributed by atoms with E-state index >= 15 is 0 Å². The number of hydrogen-bond acceptors (Lipinski definition) is 4. The second-order valence-corrected chi connectivity index (χ2v) is 8.48. The van der Waals surface area contributed by atoms with Crippen LogP contribution in [0, 0.1) is 0 Å². The van der Waals surface area contributed by atoms with Crippen molar-refractivity contribution in [2.75, 3.05) is 0 Å². The van der Waals surface area contributed by atoms with E-state index in [4.69, 9.17) is 5.11 Å². The molecule has 1 aromatic heterocycles. The van der Waals surface area contributed by atoms with Gasteiger partial charge >= 0.3 is 5.97 Å². The smallest absolute Gasteiger partial charge is 0.335 e. The Hall–Kier alpha value is -2.76. The first-order valence-electron chi connectivity index (χ1n) is 11.6. The van der Waals surface area contributed by atoms with Crippen molar-refractivity contribution in [3.8, 4) is 0 Å². The molecule has 0 aliphatic rings. The van der Waals surface area contributed by atoms with Crippen LogP contribution < -0.4 is 0 Å². The van der Waals surface area contributed by atoms with E-state index < -0.39 is 18.2 Å². The standard InChI is InChI=1S/C27H33NO4/c1-2-3-4-5-6-7-11-25(29)21-13-12-19-14-15-23(28-24(19)17-21)18-26(30)20-9-8-10-22(16-20)27(31)32/h8-10,12-17,25-26,29-30H,2-7,11,18H2,1H3,(H,31,32). The molecule has 3 N–H and O–H groups in total. The lowest BCUT2D eigenvalue weighted by molar-refractivity contribution is 0.0696. The Bertz CT molecular complexity index is 1030. The van der Waals surface area contributed by atoms with Gasteiger partial charge in [-0.05, 0) is 41.8 Å². The summed E-state index contributed by atoms with van der Waals surface area (Å²) in [4.78, 5) is 15.9. The number of aliphatic hydroxyl groups excluding tert-OH is 2. The Morgan fingerprint density at radius 3 is 2.38 bits per heavy atom. The zero-order valence-corrected chi connectivity index (χ0v) is 18.7. The van der Waals surface area contributed by atoms with Crippen molar-refractivity contribution in [1.82, 2.24) is 4.98 Å². The first kappa shape index (κ1) is 23.9. The number of rotatable bonds is 12. The molecule has 5 heteroatoms. The highest BCUT2D eigenvalue weighted by Crippen LogP contribution is 2.25. The summed E-state index contributed by atoms with van der Waals surface area (Å²) in [6.07, 6.45) is 6.84. The number of unbranched alkanes of at least 4 members (excludes halogenated alkanes) is 5. The fourth-order valence-corrected chi connectivity index (χ4v) is 3.98. The molecule has 0 fully saturated rings. The zero-order chi connectivity index (χ0) is 22.9. The van der Waals surface area contributed by atoms with Crippen LogP contribution in [-0.4, -0.2) is 26.3 Å². The Balaban J connectivity index is 1.65. The van der Waals surface area contributed by atoms with Gasteiger partial charge in [0.15, 0.2) is 0 Å². The predicted molar refractivity (Wildman–Crippen MR) is 127 cm³/mol. The van der Waals surface area contributed by atoms with Crippen LogP contribution >= 0.6 is 0 Å². The normalized spacial score (nSPS) is 13.2. The Kier molecular flexibility index (Phi) is 8.77. The van der Waals surface area contributed by atoms with E-state index in [0.717, 1.165) is 35.7 Å². The van der Waals surface area contributed by atoms with Crippen LogP contribution in [0.2, 0.25) is 0 Å². The van der Waals surface area contributed by atoms with Crippen molar-refractivity contribution < 1.29 is 20.1 Å². The molecular formula is C27H33NO4. The predicted octanol–water partition coefficient (Wildman–Crippen LogP) is 5.99. The van der Waals surface area contributed by atoms with Gasteiger partial charge in [0.05, 0.1) is 23.3 Å². The Morgan fingerprint density at radius 2 is 1.59 bits per heavy atom. The molecule has 32 heavy (non-hydrogen) atoms. The van der Waals surface area contributed by atoms with E-state index in [0.29, 0.717) is 11.3 Å². The van der Waals surface area contributed by atoms with Crippen molar-refractivity contribution in [1.29, 1.82) is 0 Å². The fraction of sp³-hybridized carbons (Fsp3) is 0.407. The third-order valence-electron chi connectivity index (χ3n) is 5.91. The molecule has 0 saturated carbocycles. The van der Waals surface area contributed by atoms with Gasteiger partial charge in [-0.3, -0.25) is 4.98 Å². The minimum atomic E-state index is -1.02. The van der Waals surface area contributed by atoms with Gasteiger partial charge in [0.25, 0.3) is 0 Å². The highest BCUT2D eigenvalue weighted by atomic mass is 16.4. The molecular weight excluding hydrogens is 402 g/mol. The number of nitrogens with zero attached hydrogens (tertiary/aromatic N) is 1. The maximum absolute atomic E-state index is 11.2. The number of carbonyl (C=O) groups is 1. The molecule has 5 nitrogen and oxygen atoms in total. The molecule has 0 radical (unpaired) electrons. The first-order chi connectivity index (χ1) is 15.5. The van der Waals surface area contributed by atoms with E-state index in [1.807, 2.05) is 30.3 Å². The summed E-state index contributed by atoms with van der Waals surface area (Å²) < 4.78 is 0. The highest BCUT2D eigenvalue weighted by Gasteiger charge is 2.14. The van der Waals surface area contributed by atoms with Crippen molar-refractivity contribution >= 4 is 16.9 Å². The number of carboxylic acids is 1. The van der Waals surface area contributed by atoms with Crippen LogP contribution in [0.15, 0.2) is 54.6 Å². The van der Waals surface area contributed by atoms with Gasteiger partial charge in [-0.2, -0.15) is 0 Å². The summed E-state index contributed by atoms with van der Waals surface area (Å²) in [6.45, 7) is 2.21. The maximum atomic E-state index is 11.2. The molecule has 2 unspecified atom stereocenters. The molecule has 3 aromatic rings. The van der Waals surface area contributed by atoms with Gasteiger partial charge < -0.3 is 15.3 Å². The summed E-state index contributed by atoms with van der Waals surface area (Å²) >= 11 is 0. The van der Waals surface area contributed by atoms with Crippen LogP contribution in [-0.2, 0) is 6.42 Å².